The van der Waals surface area contributed by atoms with Crippen LogP contribution in [0.25, 0.3) is 6.08 Å². The Bertz CT molecular complexity index is 966. The Balaban J connectivity index is 1.61. The van der Waals surface area contributed by atoms with Crippen LogP contribution in [0, 0.1) is 0 Å². The molecule has 2 unspecified atom stereocenters. The minimum Gasteiger partial charge on any atom is -0.378 e. The van der Waals surface area contributed by atoms with E-state index in [4.69, 9.17) is 0 Å². The number of para-hydroxylation sites is 2. The lowest BCUT2D eigenvalue weighted by Gasteiger charge is -2.39. The number of hydrogen-bond donors (Lipinski definition) is 1. The van der Waals surface area contributed by atoms with Crippen molar-refractivity contribution in [3.05, 3.63) is 102 Å². The zero-order valence-corrected chi connectivity index (χ0v) is 16.0. The van der Waals surface area contributed by atoms with Crippen LogP contribution in [0.2, 0.25) is 0 Å². The van der Waals surface area contributed by atoms with Crippen molar-refractivity contribution in [2.75, 3.05) is 10.2 Å². The van der Waals surface area contributed by atoms with Crippen molar-refractivity contribution in [3.63, 3.8) is 0 Å². The molecule has 4 rings (SSSR count). The lowest BCUT2D eigenvalue weighted by atomic mass is 9.91. The summed E-state index contributed by atoms with van der Waals surface area (Å²) < 4.78 is 0. The normalized spacial score (nSPS) is 18.7. The van der Waals surface area contributed by atoms with Crippen LogP contribution in [0.5, 0.6) is 0 Å². The van der Waals surface area contributed by atoms with Crippen molar-refractivity contribution in [3.8, 4) is 0 Å². The van der Waals surface area contributed by atoms with Crippen molar-refractivity contribution in [2.45, 2.75) is 25.4 Å². The molecule has 0 aliphatic carbocycles. The highest BCUT2D eigenvalue weighted by Crippen LogP contribution is 2.39. The largest absolute Gasteiger partial charge is 0.378 e. The molecule has 3 nitrogen and oxygen atoms in total. The third-order valence-corrected chi connectivity index (χ3v) is 5.16. The van der Waals surface area contributed by atoms with E-state index in [1.165, 1.54) is 0 Å². The molecule has 3 aromatic carbocycles. The molecule has 3 heteroatoms. The molecule has 140 valence electrons. The first-order chi connectivity index (χ1) is 13.7. The minimum atomic E-state index is 0.0157. The quantitative estimate of drug-likeness (QED) is 0.601. The van der Waals surface area contributed by atoms with Crippen LogP contribution in [-0.2, 0) is 4.79 Å². The van der Waals surface area contributed by atoms with Crippen LogP contribution in [0.3, 0.4) is 0 Å². The van der Waals surface area contributed by atoms with E-state index < -0.39 is 0 Å². The maximum atomic E-state index is 13.0. The van der Waals surface area contributed by atoms with Gasteiger partial charge in [0.1, 0.15) is 0 Å². The summed E-state index contributed by atoms with van der Waals surface area (Å²) in [4.78, 5) is 14.9. The van der Waals surface area contributed by atoms with E-state index in [9.17, 15) is 4.79 Å². The molecule has 1 amide bonds. The first-order valence-electron chi connectivity index (χ1n) is 9.69. The average Bonchev–Trinajstić information content (AvgIpc) is 2.74. The Hall–Kier alpha value is -3.33. The molecule has 28 heavy (non-hydrogen) atoms. The van der Waals surface area contributed by atoms with E-state index in [0.29, 0.717) is 0 Å². The molecule has 2 atom stereocenters. The summed E-state index contributed by atoms with van der Waals surface area (Å²) in [5, 5.41) is 3.63. The van der Waals surface area contributed by atoms with Crippen molar-refractivity contribution in [1.29, 1.82) is 0 Å². The van der Waals surface area contributed by atoms with E-state index in [1.54, 1.807) is 6.08 Å². The fourth-order valence-electron chi connectivity index (χ4n) is 3.83. The number of nitrogens with zero attached hydrogens (tertiary/aromatic N) is 1. The molecule has 3 aromatic rings. The molecule has 1 aliphatic heterocycles. The third-order valence-electron chi connectivity index (χ3n) is 5.16. The van der Waals surface area contributed by atoms with Crippen molar-refractivity contribution >= 4 is 23.4 Å². The summed E-state index contributed by atoms with van der Waals surface area (Å²) >= 11 is 0. The number of carbonyl (C=O) groups excluding carboxylic acids is 1. The molecule has 1 heterocycles. The van der Waals surface area contributed by atoms with Crippen LogP contribution < -0.4 is 10.2 Å². The van der Waals surface area contributed by atoms with Gasteiger partial charge in [-0.3, -0.25) is 4.79 Å². The molecule has 0 spiro atoms. The zero-order chi connectivity index (χ0) is 19.3. The summed E-state index contributed by atoms with van der Waals surface area (Å²) in [6.07, 6.45) is 4.41. The van der Waals surface area contributed by atoms with E-state index in [-0.39, 0.29) is 18.0 Å². The number of nitrogens with one attached hydrogen (secondary N) is 1. The van der Waals surface area contributed by atoms with Crippen LogP contribution in [-0.4, -0.2) is 11.9 Å². The second-order valence-corrected chi connectivity index (χ2v) is 7.16. The van der Waals surface area contributed by atoms with Gasteiger partial charge in [-0.1, -0.05) is 66.7 Å². The smallest absolute Gasteiger partial charge is 0.251 e. The van der Waals surface area contributed by atoms with Gasteiger partial charge in [0, 0.05) is 23.5 Å². The molecule has 0 saturated carbocycles. The second-order valence-electron chi connectivity index (χ2n) is 7.16. The Morgan fingerprint density at radius 3 is 2.32 bits per heavy atom. The highest BCUT2D eigenvalue weighted by atomic mass is 16.2. The summed E-state index contributed by atoms with van der Waals surface area (Å²) in [6.45, 7) is 2.11. The first-order valence-corrected chi connectivity index (χ1v) is 9.69. The Labute approximate surface area is 166 Å². The van der Waals surface area contributed by atoms with E-state index >= 15 is 0 Å². The van der Waals surface area contributed by atoms with Crippen LogP contribution in [0.1, 0.15) is 30.5 Å². The van der Waals surface area contributed by atoms with Gasteiger partial charge in [0.2, 0.25) is 0 Å². The molecule has 0 bridgehead atoms. The average molecular weight is 368 g/mol. The molecular weight excluding hydrogens is 344 g/mol. The monoisotopic (exact) mass is 368 g/mol. The molecule has 0 aromatic heterocycles. The number of fused-ring (bicyclic) bond motifs is 1. The predicted octanol–water partition coefficient (Wildman–Crippen LogP) is 5.68. The van der Waals surface area contributed by atoms with Gasteiger partial charge in [0.15, 0.2) is 0 Å². The predicted molar refractivity (Wildman–Crippen MR) is 116 cm³/mol. The maximum absolute atomic E-state index is 13.0. The van der Waals surface area contributed by atoms with Gasteiger partial charge in [-0.2, -0.15) is 0 Å². The minimum absolute atomic E-state index is 0.0157. The van der Waals surface area contributed by atoms with Crippen molar-refractivity contribution in [1.82, 2.24) is 0 Å². The van der Waals surface area contributed by atoms with Crippen molar-refractivity contribution < 1.29 is 4.79 Å². The summed E-state index contributed by atoms with van der Waals surface area (Å²) in [7, 11) is 0. The number of amides is 1. The summed E-state index contributed by atoms with van der Waals surface area (Å²) in [5.74, 6) is 0.0157. The Morgan fingerprint density at radius 1 is 0.929 bits per heavy atom. The summed E-state index contributed by atoms with van der Waals surface area (Å²) in [5.41, 5.74) is 4.26. The van der Waals surface area contributed by atoms with Crippen LogP contribution in [0.15, 0.2) is 91.0 Å². The van der Waals surface area contributed by atoms with Gasteiger partial charge >= 0.3 is 0 Å². The van der Waals surface area contributed by atoms with Gasteiger partial charge in [-0.25, -0.2) is 0 Å². The number of benzene rings is 3. The SMILES string of the molecule is CC1CC(Nc2ccccc2)c2ccccc2N1C(=O)/C=C/c1ccccc1. The van der Waals surface area contributed by atoms with E-state index in [1.807, 2.05) is 77.7 Å². The first kappa shape index (κ1) is 18.1. The van der Waals surface area contributed by atoms with Gasteiger partial charge < -0.3 is 10.2 Å². The van der Waals surface area contributed by atoms with Gasteiger partial charge in [-0.15, -0.1) is 0 Å². The lowest BCUT2D eigenvalue weighted by Crippen LogP contribution is -2.43. The van der Waals surface area contributed by atoms with Gasteiger partial charge in [-0.05, 0) is 48.7 Å². The second kappa shape index (κ2) is 8.13. The molecule has 1 N–H and O–H groups in total. The van der Waals surface area contributed by atoms with E-state index in [2.05, 4.69) is 30.4 Å². The topological polar surface area (TPSA) is 32.3 Å². The zero-order valence-electron chi connectivity index (χ0n) is 16.0. The molecule has 1 aliphatic rings. The van der Waals surface area contributed by atoms with Crippen LogP contribution >= 0.6 is 0 Å². The molecule has 0 radical (unpaired) electrons. The highest BCUT2D eigenvalue weighted by molar-refractivity contribution is 6.05. The lowest BCUT2D eigenvalue weighted by molar-refractivity contribution is -0.114. The Kier molecular flexibility index (Phi) is 5.24. The number of rotatable bonds is 4. The molecular formula is C25H24N2O. The number of hydrogen-bond acceptors (Lipinski definition) is 2. The van der Waals surface area contributed by atoms with Crippen molar-refractivity contribution in [2.24, 2.45) is 0 Å². The van der Waals surface area contributed by atoms with Gasteiger partial charge in [0.05, 0.1) is 6.04 Å². The van der Waals surface area contributed by atoms with E-state index in [0.717, 1.165) is 28.9 Å². The molecule has 0 saturated heterocycles. The third kappa shape index (κ3) is 3.84. The fraction of sp³-hybridized carbons (Fsp3) is 0.160. The number of carbonyl (C=O) groups is 1. The van der Waals surface area contributed by atoms with Gasteiger partial charge in [0.25, 0.3) is 5.91 Å². The fourth-order valence-corrected chi connectivity index (χ4v) is 3.83. The Morgan fingerprint density at radius 2 is 1.57 bits per heavy atom. The van der Waals surface area contributed by atoms with Crippen LogP contribution in [0.4, 0.5) is 11.4 Å². The number of anilines is 2. The highest BCUT2D eigenvalue weighted by Gasteiger charge is 2.32. The summed E-state index contributed by atoms with van der Waals surface area (Å²) in [6, 6.07) is 28.6. The molecule has 0 fully saturated rings. The maximum Gasteiger partial charge on any atom is 0.251 e. The standard InChI is InChI=1S/C25H24N2O/c1-19-18-23(26-21-12-6-3-7-13-21)22-14-8-9-15-24(22)27(19)25(28)17-16-20-10-4-2-5-11-20/h2-17,19,23,26H,18H2,1H3/b17-16+.